The number of anilines is 1. The summed E-state index contributed by atoms with van der Waals surface area (Å²) in [6, 6.07) is 8.12. The second-order valence-corrected chi connectivity index (χ2v) is 5.44. The fourth-order valence-electron chi connectivity index (χ4n) is 2.27. The second-order valence-electron chi connectivity index (χ2n) is 5.44. The molecule has 0 aromatic heterocycles. The summed E-state index contributed by atoms with van der Waals surface area (Å²) < 4.78 is 5.35. The molecule has 4 heteroatoms. The van der Waals surface area contributed by atoms with Gasteiger partial charge in [0.1, 0.15) is 0 Å². The van der Waals surface area contributed by atoms with Crippen molar-refractivity contribution in [1.82, 2.24) is 5.32 Å². The first-order valence-electron chi connectivity index (χ1n) is 7.04. The first kappa shape index (κ1) is 12.5. The van der Waals surface area contributed by atoms with E-state index in [-0.39, 0.29) is 5.91 Å². The van der Waals surface area contributed by atoms with E-state index in [9.17, 15) is 4.79 Å². The molecule has 1 aromatic rings. The van der Waals surface area contributed by atoms with Gasteiger partial charge >= 0.3 is 0 Å². The maximum Gasteiger partial charge on any atom is 0.251 e. The number of ether oxygens (including phenoxy) is 1. The Morgan fingerprint density at radius 3 is 2.95 bits per heavy atom. The number of amides is 1. The highest BCUT2D eigenvalue weighted by atomic mass is 16.5. The van der Waals surface area contributed by atoms with Crippen molar-refractivity contribution < 1.29 is 9.53 Å². The summed E-state index contributed by atoms with van der Waals surface area (Å²) in [7, 11) is 0. The van der Waals surface area contributed by atoms with E-state index < -0.39 is 0 Å². The van der Waals surface area contributed by atoms with Gasteiger partial charge < -0.3 is 15.4 Å². The molecular formula is C15H20N2O2. The highest BCUT2D eigenvalue weighted by molar-refractivity contribution is 5.95. The van der Waals surface area contributed by atoms with Crippen LogP contribution in [0.25, 0.3) is 0 Å². The average molecular weight is 260 g/mol. The van der Waals surface area contributed by atoms with Crippen LogP contribution in [0.2, 0.25) is 0 Å². The van der Waals surface area contributed by atoms with Crippen LogP contribution in [0.4, 0.5) is 5.69 Å². The van der Waals surface area contributed by atoms with Crippen LogP contribution < -0.4 is 10.6 Å². The maximum absolute atomic E-state index is 11.9. The topological polar surface area (TPSA) is 50.4 Å². The van der Waals surface area contributed by atoms with E-state index in [4.69, 9.17) is 4.74 Å². The Bertz CT molecular complexity index is 451. The average Bonchev–Trinajstić information content (AvgIpc) is 3.09. The molecule has 19 heavy (non-hydrogen) atoms. The molecule has 0 radical (unpaired) electrons. The van der Waals surface area contributed by atoms with Crippen molar-refractivity contribution in [3.8, 4) is 0 Å². The minimum absolute atomic E-state index is 0.0374. The molecule has 1 aromatic carbocycles. The Morgan fingerprint density at radius 2 is 2.21 bits per heavy atom. The van der Waals surface area contributed by atoms with E-state index in [0.717, 1.165) is 50.3 Å². The summed E-state index contributed by atoms with van der Waals surface area (Å²) in [4.78, 5) is 11.9. The van der Waals surface area contributed by atoms with Crippen molar-refractivity contribution >= 4 is 11.6 Å². The van der Waals surface area contributed by atoms with Gasteiger partial charge in [0.05, 0.1) is 6.61 Å². The first-order chi connectivity index (χ1) is 9.31. The number of hydrogen-bond donors (Lipinski definition) is 2. The largest absolute Gasteiger partial charge is 0.385 e. The molecule has 1 saturated heterocycles. The predicted octanol–water partition coefficient (Wildman–Crippen LogP) is 2.03. The minimum atomic E-state index is 0.0374. The molecule has 4 nitrogen and oxygen atoms in total. The van der Waals surface area contributed by atoms with Crippen molar-refractivity contribution in [1.29, 1.82) is 0 Å². The zero-order chi connectivity index (χ0) is 13.1. The maximum atomic E-state index is 11.9. The number of carbonyl (C=O) groups excluding carboxylic acids is 1. The quantitative estimate of drug-likeness (QED) is 0.851. The molecule has 1 aliphatic carbocycles. The molecule has 1 heterocycles. The SMILES string of the molecule is O=C(NC1CC1)c1cccc(NCC2CCOC2)c1. The zero-order valence-electron chi connectivity index (χ0n) is 11.0. The van der Waals surface area contributed by atoms with Crippen LogP contribution in [0.15, 0.2) is 24.3 Å². The first-order valence-corrected chi connectivity index (χ1v) is 7.04. The third-order valence-corrected chi connectivity index (χ3v) is 3.66. The summed E-state index contributed by atoms with van der Waals surface area (Å²) in [5.74, 6) is 0.624. The van der Waals surface area contributed by atoms with E-state index in [0.29, 0.717) is 12.0 Å². The Kier molecular flexibility index (Phi) is 3.69. The van der Waals surface area contributed by atoms with Gasteiger partial charge in [-0.25, -0.2) is 0 Å². The molecule has 0 bridgehead atoms. The molecule has 1 amide bonds. The van der Waals surface area contributed by atoms with Crippen LogP contribution in [0, 0.1) is 5.92 Å². The lowest BCUT2D eigenvalue weighted by atomic mass is 10.1. The lowest BCUT2D eigenvalue weighted by Crippen LogP contribution is -2.25. The van der Waals surface area contributed by atoms with E-state index in [1.807, 2.05) is 24.3 Å². The Balaban J connectivity index is 1.56. The van der Waals surface area contributed by atoms with Gasteiger partial charge in [-0.15, -0.1) is 0 Å². The van der Waals surface area contributed by atoms with Crippen molar-refractivity contribution in [3.05, 3.63) is 29.8 Å². The van der Waals surface area contributed by atoms with E-state index in [1.54, 1.807) is 0 Å². The second kappa shape index (κ2) is 5.61. The molecule has 102 valence electrons. The van der Waals surface area contributed by atoms with Gasteiger partial charge in [0.15, 0.2) is 0 Å². The fourth-order valence-corrected chi connectivity index (χ4v) is 2.27. The summed E-state index contributed by atoms with van der Waals surface area (Å²) in [6.07, 6.45) is 3.35. The molecule has 0 spiro atoms. The van der Waals surface area contributed by atoms with Gasteiger partial charge in [0.2, 0.25) is 0 Å². The van der Waals surface area contributed by atoms with Crippen LogP contribution in [0.1, 0.15) is 29.6 Å². The van der Waals surface area contributed by atoms with Crippen LogP contribution in [0.5, 0.6) is 0 Å². The third kappa shape index (κ3) is 3.47. The third-order valence-electron chi connectivity index (χ3n) is 3.66. The highest BCUT2D eigenvalue weighted by Crippen LogP contribution is 2.20. The van der Waals surface area contributed by atoms with Gasteiger partial charge in [0, 0.05) is 36.4 Å². The van der Waals surface area contributed by atoms with Crippen molar-refractivity contribution in [2.24, 2.45) is 5.92 Å². The molecule has 1 saturated carbocycles. The number of rotatable bonds is 5. The molecule has 1 unspecified atom stereocenters. The monoisotopic (exact) mass is 260 g/mol. The van der Waals surface area contributed by atoms with Crippen LogP contribution in [-0.4, -0.2) is 31.7 Å². The van der Waals surface area contributed by atoms with E-state index in [1.165, 1.54) is 0 Å². The van der Waals surface area contributed by atoms with Crippen molar-refractivity contribution in [3.63, 3.8) is 0 Å². The van der Waals surface area contributed by atoms with Gasteiger partial charge in [-0.05, 0) is 37.5 Å². The molecule has 2 N–H and O–H groups in total. The van der Waals surface area contributed by atoms with E-state index in [2.05, 4.69) is 10.6 Å². The van der Waals surface area contributed by atoms with Crippen LogP contribution in [-0.2, 0) is 4.74 Å². The summed E-state index contributed by atoms with van der Waals surface area (Å²) in [5, 5.41) is 6.40. The molecule has 1 aliphatic heterocycles. The zero-order valence-corrected chi connectivity index (χ0v) is 11.0. The number of carbonyl (C=O) groups is 1. The van der Waals surface area contributed by atoms with Crippen molar-refractivity contribution in [2.45, 2.75) is 25.3 Å². The lowest BCUT2D eigenvalue weighted by molar-refractivity contribution is 0.0951. The molecule has 2 aliphatic rings. The van der Waals surface area contributed by atoms with Gasteiger partial charge in [-0.1, -0.05) is 6.07 Å². The van der Waals surface area contributed by atoms with Crippen molar-refractivity contribution in [2.75, 3.05) is 25.1 Å². The Labute approximate surface area is 113 Å². The number of nitrogens with one attached hydrogen (secondary N) is 2. The summed E-state index contributed by atoms with van der Waals surface area (Å²) in [5.41, 5.74) is 1.75. The Morgan fingerprint density at radius 1 is 1.32 bits per heavy atom. The van der Waals surface area contributed by atoms with E-state index >= 15 is 0 Å². The highest BCUT2D eigenvalue weighted by Gasteiger charge is 2.23. The summed E-state index contributed by atoms with van der Waals surface area (Å²) in [6.45, 7) is 2.62. The number of hydrogen-bond acceptors (Lipinski definition) is 3. The molecular weight excluding hydrogens is 240 g/mol. The smallest absolute Gasteiger partial charge is 0.251 e. The number of benzene rings is 1. The Hall–Kier alpha value is -1.55. The van der Waals surface area contributed by atoms with Crippen LogP contribution >= 0.6 is 0 Å². The minimum Gasteiger partial charge on any atom is -0.385 e. The summed E-state index contributed by atoms with van der Waals surface area (Å²) >= 11 is 0. The van der Waals surface area contributed by atoms with Gasteiger partial charge in [-0.2, -0.15) is 0 Å². The standard InChI is InChI=1S/C15H20N2O2/c18-15(17-13-4-5-13)12-2-1-3-14(8-12)16-9-11-6-7-19-10-11/h1-3,8,11,13,16H,4-7,9-10H2,(H,17,18). The van der Waals surface area contributed by atoms with Crippen LogP contribution in [0.3, 0.4) is 0 Å². The lowest BCUT2D eigenvalue weighted by Gasteiger charge is -2.11. The molecule has 2 fully saturated rings. The fraction of sp³-hybridized carbons (Fsp3) is 0.533. The molecule has 3 rings (SSSR count). The molecule has 1 atom stereocenters. The predicted molar refractivity (Wildman–Crippen MR) is 74.3 cm³/mol. The van der Waals surface area contributed by atoms with Gasteiger partial charge in [0.25, 0.3) is 5.91 Å². The van der Waals surface area contributed by atoms with Gasteiger partial charge in [-0.3, -0.25) is 4.79 Å². The normalized spacial score (nSPS) is 22.2.